The molecule has 3 rings (SSSR count). The van der Waals surface area contributed by atoms with Gasteiger partial charge in [-0.05, 0) is 49.8 Å². The van der Waals surface area contributed by atoms with Gasteiger partial charge in [0.15, 0.2) is 0 Å². The summed E-state index contributed by atoms with van der Waals surface area (Å²) in [7, 11) is -3.24. The van der Waals surface area contributed by atoms with Crippen molar-refractivity contribution in [2.45, 2.75) is 45.6 Å². The summed E-state index contributed by atoms with van der Waals surface area (Å²) in [6.07, 6.45) is 2.70. The van der Waals surface area contributed by atoms with Crippen LogP contribution in [0.25, 0.3) is 0 Å². The zero-order chi connectivity index (χ0) is 20.3. The van der Waals surface area contributed by atoms with Crippen LogP contribution in [-0.4, -0.2) is 50.0 Å². The number of likely N-dealkylation sites (tertiary alicyclic amines) is 1. The van der Waals surface area contributed by atoms with E-state index in [-0.39, 0.29) is 29.5 Å². The van der Waals surface area contributed by atoms with Crippen LogP contribution in [-0.2, 0) is 14.8 Å². The van der Waals surface area contributed by atoms with Crippen molar-refractivity contribution in [3.63, 3.8) is 0 Å². The first-order valence-electron chi connectivity index (χ1n) is 9.99. The van der Waals surface area contributed by atoms with Gasteiger partial charge in [0.2, 0.25) is 15.9 Å². The van der Waals surface area contributed by atoms with Crippen LogP contribution in [0.15, 0.2) is 24.3 Å². The molecule has 8 heteroatoms. The Bertz CT molecular complexity index is 832. The van der Waals surface area contributed by atoms with Crippen molar-refractivity contribution in [3.05, 3.63) is 29.8 Å². The van der Waals surface area contributed by atoms with Gasteiger partial charge in [0.25, 0.3) is 5.91 Å². The standard InChI is InChI=1S/C20H29N3O4S/c1-3-11-28(26,27)22-16-7-9-23(10-8-16)20(25)15-5-4-6-17(13-15)21-19(24)18-12-14(18)2/h4-6,13-14,16,18,22H,3,7-12H2,1-2H3,(H,21,24). The molecule has 0 radical (unpaired) electrons. The van der Waals surface area contributed by atoms with E-state index >= 15 is 0 Å². The molecule has 2 fully saturated rings. The van der Waals surface area contributed by atoms with Crippen molar-refractivity contribution in [1.82, 2.24) is 9.62 Å². The van der Waals surface area contributed by atoms with Gasteiger partial charge < -0.3 is 10.2 Å². The Labute approximate surface area is 166 Å². The number of benzene rings is 1. The third kappa shape index (κ3) is 5.32. The Kier molecular flexibility index (Phi) is 6.40. The monoisotopic (exact) mass is 407 g/mol. The first-order chi connectivity index (χ1) is 13.3. The highest BCUT2D eigenvalue weighted by Gasteiger charge is 2.39. The maximum absolute atomic E-state index is 12.8. The number of hydrogen-bond donors (Lipinski definition) is 2. The average molecular weight is 408 g/mol. The van der Waals surface area contributed by atoms with Gasteiger partial charge in [0.05, 0.1) is 5.75 Å². The van der Waals surface area contributed by atoms with E-state index in [4.69, 9.17) is 0 Å². The molecule has 1 aliphatic carbocycles. The second-order valence-corrected chi connectivity index (χ2v) is 9.77. The normalized spacial score (nSPS) is 22.7. The second kappa shape index (κ2) is 8.61. The summed E-state index contributed by atoms with van der Waals surface area (Å²) >= 11 is 0. The lowest BCUT2D eigenvalue weighted by Gasteiger charge is -2.32. The third-order valence-corrected chi connectivity index (χ3v) is 7.06. The zero-order valence-corrected chi connectivity index (χ0v) is 17.3. The molecule has 7 nitrogen and oxygen atoms in total. The van der Waals surface area contributed by atoms with Crippen molar-refractivity contribution in [1.29, 1.82) is 0 Å². The number of rotatable bonds is 7. The van der Waals surface area contributed by atoms with Gasteiger partial charge in [-0.25, -0.2) is 13.1 Å². The molecule has 1 aromatic rings. The number of anilines is 1. The van der Waals surface area contributed by atoms with E-state index in [1.54, 1.807) is 29.2 Å². The fourth-order valence-electron chi connectivity index (χ4n) is 3.62. The number of carbonyl (C=O) groups is 2. The molecule has 1 aliphatic heterocycles. The number of hydrogen-bond acceptors (Lipinski definition) is 4. The van der Waals surface area contributed by atoms with Crippen LogP contribution in [0.5, 0.6) is 0 Å². The van der Waals surface area contributed by atoms with Crippen molar-refractivity contribution in [2.24, 2.45) is 11.8 Å². The molecular formula is C20H29N3O4S. The molecule has 1 aromatic carbocycles. The predicted molar refractivity (Wildman–Crippen MR) is 108 cm³/mol. The quantitative estimate of drug-likeness (QED) is 0.724. The van der Waals surface area contributed by atoms with Crippen LogP contribution in [0.4, 0.5) is 5.69 Å². The van der Waals surface area contributed by atoms with E-state index in [0.717, 1.165) is 6.42 Å². The van der Waals surface area contributed by atoms with Gasteiger partial charge in [-0.15, -0.1) is 0 Å². The molecule has 0 aromatic heterocycles. The van der Waals surface area contributed by atoms with E-state index < -0.39 is 10.0 Å². The summed E-state index contributed by atoms with van der Waals surface area (Å²) in [5.41, 5.74) is 1.17. The minimum Gasteiger partial charge on any atom is -0.339 e. The number of amides is 2. The smallest absolute Gasteiger partial charge is 0.253 e. The molecule has 0 spiro atoms. The molecule has 2 amide bonds. The lowest BCUT2D eigenvalue weighted by Crippen LogP contribution is -2.47. The van der Waals surface area contributed by atoms with Crippen molar-refractivity contribution in [3.8, 4) is 0 Å². The highest BCUT2D eigenvalue weighted by molar-refractivity contribution is 7.89. The summed E-state index contributed by atoms with van der Waals surface area (Å²) in [5.74, 6) is 0.559. The van der Waals surface area contributed by atoms with E-state index in [9.17, 15) is 18.0 Å². The largest absolute Gasteiger partial charge is 0.339 e. The number of nitrogens with zero attached hydrogens (tertiary/aromatic N) is 1. The molecule has 1 heterocycles. The number of carbonyl (C=O) groups excluding carboxylic acids is 2. The topological polar surface area (TPSA) is 95.6 Å². The van der Waals surface area contributed by atoms with Crippen molar-refractivity contribution in [2.75, 3.05) is 24.2 Å². The molecule has 2 aliphatic rings. The van der Waals surface area contributed by atoms with E-state index in [1.165, 1.54) is 0 Å². The van der Waals surface area contributed by atoms with Gasteiger partial charge >= 0.3 is 0 Å². The lowest BCUT2D eigenvalue weighted by molar-refractivity contribution is -0.117. The Morgan fingerprint density at radius 3 is 2.50 bits per heavy atom. The van der Waals surface area contributed by atoms with E-state index in [2.05, 4.69) is 17.0 Å². The van der Waals surface area contributed by atoms with Gasteiger partial charge in [-0.1, -0.05) is 19.9 Å². The molecule has 2 atom stereocenters. The summed E-state index contributed by atoms with van der Waals surface area (Å²) in [5, 5.41) is 2.89. The fourth-order valence-corrected chi connectivity index (χ4v) is 5.02. The van der Waals surface area contributed by atoms with Crippen LogP contribution < -0.4 is 10.0 Å². The average Bonchev–Trinajstić information content (AvgIpc) is 3.38. The zero-order valence-electron chi connectivity index (χ0n) is 16.5. The predicted octanol–water partition coefficient (Wildman–Crippen LogP) is 2.22. The molecule has 2 unspecified atom stereocenters. The fraction of sp³-hybridized carbons (Fsp3) is 0.600. The van der Waals surface area contributed by atoms with Crippen LogP contribution in [0.1, 0.15) is 49.9 Å². The molecule has 2 N–H and O–H groups in total. The maximum Gasteiger partial charge on any atom is 0.253 e. The highest BCUT2D eigenvalue weighted by atomic mass is 32.2. The summed E-state index contributed by atoms with van der Waals surface area (Å²) in [4.78, 5) is 26.7. The molecule has 1 saturated heterocycles. The Balaban J connectivity index is 1.55. The Morgan fingerprint density at radius 2 is 1.89 bits per heavy atom. The number of nitrogens with one attached hydrogen (secondary N) is 2. The Morgan fingerprint density at radius 1 is 1.21 bits per heavy atom. The number of piperidine rings is 1. The van der Waals surface area contributed by atoms with Gasteiger partial charge in [0, 0.05) is 36.3 Å². The first-order valence-corrected chi connectivity index (χ1v) is 11.6. The van der Waals surface area contributed by atoms with E-state index in [0.29, 0.717) is 49.5 Å². The van der Waals surface area contributed by atoms with Gasteiger partial charge in [-0.3, -0.25) is 9.59 Å². The molecular weight excluding hydrogens is 378 g/mol. The summed E-state index contributed by atoms with van der Waals surface area (Å²) in [6, 6.07) is 6.89. The molecule has 0 bridgehead atoms. The van der Waals surface area contributed by atoms with Crippen molar-refractivity contribution < 1.29 is 18.0 Å². The van der Waals surface area contributed by atoms with Crippen LogP contribution >= 0.6 is 0 Å². The SMILES string of the molecule is CCCS(=O)(=O)NC1CCN(C(=O)c2cccc(NC(=O)C3CC3C)c2)CC1. The Hall–Kier alpha value is -1.93. The number of sulfonamides is 1. The first kappa shape index (κ1) is 20.8. The summed E-state index contributed by atoms with van der Waals surface area (Å²) in [6.45, 7) is 4.90. The maximum atomic E-state index is 12.8. The minimum atomic E-state index is -3.24. The molecule has 28 heavy (non-hydrogen) atoms. The van der Waals surface area contributed by atoms with Crippen LogP contribution in [0, 0.1) is 11.8 Å². The second-order valence-electron chi connectivity index (χ2n) is 7.89. The molecule has 1 saturated carbocycles. The van der Waals surface area contributed by atoms with Crippen LogP contribution in [0.2, 0.25) is 0 Å². The van der Waals surface area contributed by atoms with E-state index in [1.807, 2.05) is 6.92 Å². The van der Waals surface area contributed by atoms with Crippen LogP contribution in [0.3, 0.4) is 0 Å². The molecule has 154 valence electrons. The van der Waals surface area contributed by atoms with Gasteiger partial charge in [-0.2, -0.15) is 0 Å². The lowest BCUT2D eigenvalue weighted by atomic mass is 10.0. The van der Waals surface area contributed by atoms with Crippen molar-refractivity contribution >= 4 is 27.5 Å². The third-order valence-electron chi connectivity index (χ3n) is 5.42. The van der Waals surface area contributed by atoms with Gasteiger partial charge in [0.1, 0.15) is 0 Å². The summed E-state index contributed by atoms with van der Waals surface area (Å²) < 4.78 is 26.5. The minimum absolute atomic E-state index is 0.0114. The highest BCUT2D eigenvalue weighted by Crippen LogP contribution is 2.38.